The van der Waals surface area contributed by atoms with Crippen LogP contribution in [-0.4, -0.2) is 59.3 Å². The Labute approximate surface area is 182 Å². The van der Waals surface area contributed by atoms with Gasteiger partial charge in [-0.3, -0.25) is 9.69 Å². The average Bonchev–Trinajstić information content (AvgIpc) is 2.49. The molecular formula is C16H29KN2O4. The monoisotopic (exact) mass is 352 g/mol. The number of carbonyl (C=O) groups is 1. The van der Waals surface area contributed by atoms with Gasteiger partial charge >= 0.3 is 57.4 Å². The molecule has 0 aliphatic carbocycles. The van der Waals surface area contributed by atoms with Crippen LogP contribution in [0.5, 0.6) is 0 Å². The molecule has 0 aromatic heterocycles. The third-order valence-corrected chi connectivity index (χ3v) is 3.33. The van der Waals surface area contributed by atoms with Crippen molar-refractivity contribution in [1.82, 2.24) is 4.90 Å². The number of aliphatic imine (C=N–C) groups is 1. The van der Waals surface area contributed by atoms with E-state index in [-0.39, 0.29) is 63.9 Å². The van der Waals surface area contributed by atoms with Crippen molar-refractivity contribution >= 4 is 11.9 Å². The maximum absolute atomic E-state index is 11.6. The Hall–Kier alpha value is 0.236. The Morgan fingerprint density at radius 1 is 1.30 bits per heavy atom. The maximum Gasteiger partial charge on any atom is 1.00 e. The zero-order valence-corrected chi connectivity index (χ0v) is 17.8. The van der Waals surface area contributed by atoms with E-state index in [1.165, 1.54) is 0 Å². The molecule has 1 atom stereocenters. The molecule has 0 fully saturated rings. The van der Waals surface area contributed by atoms with E-state index in [0.717, 1.165) is 12.8 Å². The van der Waals surface area contributed by atoms with Gasteiger partial charge < -0.3 is 20.3 Å². The predicted molar refractivity (Wildman–Crippen MR) is 86.0 cm³/mol. The van der Waals surface area contributed by atoms with Crippen molar-refractivity contribution in [1.29, 1.82) is 0 Å². The molecule has 0 aliphatic heterocycles. The zero-order chi connectivity index (χ0) is 16.8. The van der Waals surface area contributed by atoms with Gasteiger partial charge in [-0.15, -0.1) is 0 Å². The van der Waals surface area contributed by atoms with E-state index in [1.807, 2.05) is 6.08 Å². The summed E-state index contributed by atoms with van der Waals surface area (Å²) >= 11 is 0. The first-order valence-corrected chi connectivity index (χ1v) is 7.96. The van der Waals surface area contributed by atoms with Gasteiger partial charge in [-0.05, 0) is 38.5 Å². The van der Waals surface area contributed by atoms with Crippen molar-refractivity contribution in [3.63, 3.8) is 0 Å². The minimum Gasteiger partial charge on any atom is -0.862 e. The summed E-state index contributed by atoms with van der Waals surface area (Å²) in [7, 11) is 0. The number of carboxylic acids is 1. The molecule has 0 aliphatic rings. The van der Waals surface area contributed by atoms with Crippen LogP contribution in [0.3, 0.4) is 0 Å². The molecule has 0 radical (unpaired) electrons. The van der Waals surface area contributed by atoms with Crippen LogP contribution >= 0.6 is 0 Å². The molecule has 0 aromatic rings. The third kappa shape index (κ3) is 14.3. The molecule has 0 aromatic carbocycles. The predicted octanol–water partition coefficient (Wildman–Crippen LogP) is -1.96. The van der Waals surface area contributed by atoms with E-state index in [4.69, 9.17) is 10.2 Å². The molecule has 0 saturated carbocycles. The summed E-state index contributed by atoms with van der Waals surface area (Å²) in [6.07, 6.45) is 7.79. The number of aliphatic hydroxyl groups excluding tert-OH is 1. The van der Waals surface area contributed by atoms with Crippen molar-refractivity contribution in [3.8, 4) is 0 Å². The summed E-state index contributed by atoms with van der Waals surface area (Å²) in [6.45, 7) is 4.90. The molecule has 2 N–H and O–H groups in total. The van der Waals surface area contributed by atoms with Crippen LogP contribution in [0.1, 0.15) is 46.0 Å². The largest absolute Gasteiger partial charge is 1.00 e. The van der Waals surface area contributed by atoms with Crippen LogP contribution in [0.25, 0.3) is 0 Å². The SMILES string of the molecule is CCC/C=C/CCC([O-])=NCCN(CCCO)C(C)C(=O)O.[K+]. The topological polar surface area (TPSA) is 96.2 Å². The van der Waals surface area contributed by atoms with Crippen molar-refractivity contribution in [2.45, 2.75) is 52.0 Å². The summed E-state index contributed by atoms with van der Waals surface area (Å²) in [4.78, 5) is 16.7. The van der Waals surface area contributed by atoms with Crippen LogP contribution < -0.4 is 56.5 Å². The molecule has 6 nitrogen and oxygen atoms in total. The van der Waals surface area contributed by atoms with Gasteiger partial charge in [-0.25, -0.2) is 0 Å². The number of carboxylic acid groups (broad SMARTS) is 1. The second-order valence-corrected chi connectivity index (χ2v) is 5.20. The molecule has 7 heteroatoms. The zero-order valence-electron chi connectivity index (χ0n) is 14.7. The average molecular weight is 353 g/mol. The molecule has 0 rings (SSSR count). The number of allylic oxidation sites excluding steroid dienone is 2. The number of unbranched alkanes of at least 4 members (excludes halogenated alkanes) is 1. The van der Waals surface area contributed by atoms with Crippen molar-refractivity contribution in [2.24, 2.45) is 4.99 Å². The standard InChI is InChI=1S/C16H30N2O4.K/c1-3-4-5-6-7-9-15(20)17-10-12-18(11-8-13-19)14(2)16(21)22;/h5-6,14,19H,3-4,7-13H2,1-2H3,(H,17,20)(H,21,22);/q;+1/p-1/b6-5+;. The molecule has 0 spiro atoms. The molecule has 128 valence electrons. The molecule has 23 heavy (non-hydrogen) atoms. The van der Waals surface area contributed by atoms with Crippen LogP contribution in [0.2, 0.25) is 0 Å². The van der Waals surface area contributed by atoms with E-state index in [1.54, 1.807) is 11.8 Å². The summed E-state index contributed by atoms with van der Waals surface area (Å²) in [5, 5.41) is 29.5. The van der Waals surface area contributed by atoms with E-state index >= 15 is 0 Å². The smallest absolute Gasteiger partial charge is 0.862 e. The van der Waals surface area contributed by atoms with Crippen LogP contribution in [0.4, 0.5) is 0 Å². The van der Waals surface area contributed by atoms with E-state index in [2.05, 4.69) is 18.0 Å². The fourth-order valence-corrected chi connectivity index (χ4v) is 1.92. The fourth-order valence-electron chi connectivity index (χ4n) is 1.92. The van der Waals surface area contributed by atoms with Crippen LogP contribution in [0.15, 0.2) is 17.1 Å². The number of hydrogen-bond acceptors (Lipinski definition) is 5. The van der Waals surface area contributed by atoms with E-state index in [0.29, 0.717) is 38.9 Å². The number of hydrogen-bond donors (Lipinski definition) is 2. The summed E-state index contributed by atoms with van der Waals surface area (Å²) in [5.74, 6) is -1.06. The Kier molecular flexibility index (Phi) is 18.9. The summed E-state index contributed by atoms with van der Waals surface area (Å²) in [5.41, 5.74) is 0. The van der Waals surface area contributed by atoms with Crippen molar-refractivity contribution in [3.05, 3.63) is 12.2 Å². The first-order chi connectivity index (χ1) is 10.5. The quantitative estimate of drug-likeness (QED) is 0.174. The van der Waals surface area contributed by atoms with Gasteiger partial charge in [-0.1, -0.05) is 25.5 Å². The second kappa shape index (κ2) is 17.1. The minimum atomic E-state index is -0.912. The Balaban J connectivity index is 0. The van der Waals surface area contributed by atoms with E-state index in [9.17, 15) is 9.90 Å². The third-order valence-electron chi connectivity index (χ3n) is 3.33. The van der Waals surface area contributed by atoms with Gasteiger partial charge in [0.2, 0.25) is 0 Å². The second-order valence-electron chi connectivity index (χ2n) is 5.20. The number of nitrogens with zero attached hydrogens (tertiary/aromatic N) is 2. The minimum absolute atomic E-state index is 0. The van der Waals surface area contributed by atoms with Crippen molar-refractivity contribution < 1.29 is 71.5 Å². The normalized spacial score (nSPS) is 13.3. The van der Waals surface area contributed by atoms with Crippen molar-refractivity contribution in [2.75, 3.05) is 26.2 Å². The first kappa shape index (κ1) is 25.5. The molecule has 0 bridgehead atoms. The summed E-state index contributed by atoms with van der Waals surface area (Å²) in [6, 6.07) is -0.645. The number of aliphatic carboxylic acids is 1. The number of rotatable bonds is 13. The molecular weight excluding hydrogens is 323 g/mol. The number of aliphatic hydroxyl groups is 1. The van der Waals surface area contributed by atoms with Gasteiger partial charge in [0.05, 0.1) is 6.54 Å². The van der Waals surface area contributed by atoms with Crippen LogP contribution in [-0.2, 0) is 4.79 Å². The van der Waals surface area contributed by atoms with E-state index < -0.39 is 12.0 Å². The van der Waals surface area contributed by atoms with Gasteiger partial charge in [0, 0.05) is 19.7 Å². The Bertz CT molecular complexity index is 362. The molecule has 0 amide bonds. The molecule has 1 unspecified atom stereocenters. The van der Waals surface area contributed by atoms with Crippen LogP contribution in [0, 0.1) is 0 Å². The summed E-state index contributed by atoms with van der Waals surface area (Å²) < 4.78 is 0. The molecule has 0 saturated heterocycles. The Morgan fingerprint density at radius 3 is 2.52 bits per heavy atom. The fraction of sp³-hybridized carbons (Fsp3) is 0.750. The van der Waals surface area contributed by atoms with Gasteiger partial charge in [0.25, 0.3) is 0 Å². The first-order valence-electron chi connectivity index (χ1n) is 7.96. The molecule has 0 heterocycles. The van der Waals surface area contributed by atoms with Gasteiger partial charge in [0.1, 0.15) is 6.04 Å². The Morgan fingerprint density at radius 2 is 1.96 bits per heavy atom. The van der Waals surface area contributed by atoms with Gasteiger partial charge in [-0.2, -0.15) is 0 Å². The maximum atomic E-state index is 11.6. The van der Waals surface area contributed by atoms with Gasteiger partial charge in [0.15, 0.2) is 0 Å².